The van der Waals surface area contributed by atoms with Crippen molar-refractivity contribution in [1.29, 1.82) is 0 Å². The molecule has 1 heterocycles. The second-order valence-electron chi connectivity index (χ2n) is 4.42. The van der Waals surface area contributed by atoms with Crippen LogP contribution in [0.3, 0.4) is 0 Å². The summed E-state index contributed by atoms with van der Waals surface area (Å²) in [7, 11) is 0. The van der Waals surface area contributed by atoms with Crippen molar-refractivity contribution in [3.63, 3.8) is 0 Å². The standard InChI is InChI=1S/C15H19NO3/c1-2-3-9-18-11-15(17)16-13-8-10-19-14-7-5-4-6-12(13)14/h2,4-7,13H,1,3,8-11H2,(H,16,17). The molecule has 0 spiro atoms. The summed E-state index contributed by atoms with van der Waals surface area (Å²) in [6.07, 6.45) is 3.31. The average molecular weight is 261 g/mol. The van der Waals surface area contributed by atoms with Crippen LogP contribution in [0, 0.1) is 0 Å². The minimum Gasteiger partial charge on any atom is -0.493 e. The number of nitrogens with one attached hydrogen (secondary N) is 1. The first-order valence-electron chi connectivity index (χ1n) is 6.51. The van der Waals surface area contributed by atoms with E-state index in [1.54, 1.807) is 6.08 Å². The van der Waals surface area contributed by atoms with Gasteiger partial charge in [0.2, 0.25) is 5.91 Å². The van der Waals surface area contributed by atoms with Crippen molar-refractivity contribution >= 4 is 5.91 Å². The second-order valence-corrected chi connectivity index (χ2v) is 4.42. The molecular weight excluding hydrogens is 242 g/mol. The highest BCUT2D eigenvalue weighted by atomic mass is 16.5. The Balaban J connectivity index is 1.86. The molecule has 0 radical (unpaired) electrons. The number of carbonyl (C=O) groups excluding carboxylic acids is 1. The maximum absolute atomic E-state index is 11.8. The van der Waals surface area contributed by atoms with E-state index in [4.69, 9.17) is 9.47 Å². The Morgan fingerprint density at radius 2 is 2.37 bits per heavy atom. The molecule has 4 nitrogen and oxygen atoms in total. The van der Waals surface area contributed by atoms with E-state index in [-0.39, 0.29) is 18.6 Å². The van der Waals surface area contributed by atoms with E-state index in [1.165, 1.54) is 0 Å². The van der Waals surface area contributed by atoms with Crippen LogP contribution < -0.4 is 10.1 Å². The van der Waals surface area contributed by atoms with E-state index in [1.807, 2.05) is 24.3 Å². The molecule has 1 aliphatic heterocycles. The molecule has 4 heteroatoms. The molecule has 19 heavy (non-hydrogen) atoms. The van der Waals surface area contributed by atoms with E-state index >= 15 is 0 Å². The molecular formula is C15H19NO3. The van der Waals surface area contributed by atoms with Gasteiger partial charge in [0.25, 0.3) is 0 Å². The maximum Gasteiger partial charge on any atom is 0.246 e. The number of hydrogen-bond acceptors (Lipinski definition) is 3. The van der Waals surface area contributed by atoms with Gasteiger partial charge >= 0.3 is 0 Å². The van der Waals surface area contributed by atoms with Gasteiger partial charge < -0.3 is 14.8 Å². The van der Waals surface area contributed by atoms with Crippen molar-refractivity contribution in [2.24, 2.45) is 0 Å². The fraction of sp³-hybridized carbons (Fsp3) is 0.400. The van der Waals surface area contributed by atoms with Gasteiger partial charge in [-0.05, 0) is 12.5 Å². The molecule has 1 amide bonds. The topological polar surface area (TPSA) is 47.6 Å². The number of fused-ring (bicyclic) bond motifs is 1. The van der Waals surface area contributed by atoms with Gasteiger partial charge in [0, 0.05) is 12.0 Å². The number of benzene rings is 1. The molecule has 0 bridgehead atoms. The maximum atomic E-state index is 11.8. The molecule has 0 saturated heterocycles. The van der Waals surface area contributed by atoms with Gasteiger partial charge in [-0.15, -0.1) is 6.58 Å². The van der Waals surface area contributed by atoms with Crippen molar-refractivity contribution in [3.05, 3.63) is 42.5 Å². The third-order valence-corrected chi connectivity index (χ3v) is 2.99. The lowest BCUT2D eigenvalue weighted by atomic mass is 10.0. The first-order valence-corrected chi connectivity index (χ1v) is 6.51. The summed E-state index contributed by atoms with van der Waals surface area (Å²) in [4.78, 5) is 11.8. The highest BCUT2D eigenvalue weighted by molar-refractivity contribution is 5.77. The predicted octanol–water partition coefficient (Wildman–Crippen LogP) is 2.22. The third-order valence-electron chi connectivity index (χ3n) is 2.99. The Labute approximate surface area is 113 Å². The quantitative estimate of drug-likeness (QED) is 0.631. The van der Waals surface area contributed by atoms with Crippen molar-refractivity contribution < 1.29 is 14.3 Å². The van der Waals surface area contributed by atoms with Crippen LogP contribution in [-0.4, -0.2) is 25.7 Å². The SMILES string of the molecule is C=CCCOCC(=O)NC1CCOc2ccccc21. The minimum absolute atomic E-state index is 0.0143. The van der Waals surface area contributed by atoms with Crippen LogP contribution in [0.2, 0.25) is 0 Å². The minimum atomic E-state index is -0.0919. The first-order chi connectivity index (χ1) is 9.31. The Hall–Kier alpha value is -1.81. The predicted molar refractivity (Wildman–Crippen MR) is 73.1 cm³/mol. The number of amides is 1. The first kappa shape index (κ1) is 13.6. The third kappa shape index (κ3) is 3.83. The van der Waals surface area contributed by atoms with Crippen LogP contribution >= 0.6 is 0 Å². The molecule has 0 aliphatic carbocycles. The van der Waals surface area contributed by atoms with Crippen LogP contribution in [0.15, 0.2) is 36.9 Å². The summed E-state index contributed by atoms with van der Waals surface area (Å²) >= 11 is 0. The number of hydrogen-bond donors (Lipinski definition) is 1. The van der Waals surface area contributed by atoms with Gasteiger partial charge in [-0.25, -0.2) is 0 Å². The number of para-hydroxylation sites is 1. The van der Waals surface area contributed by atoms with E-state index in [0.717, 1.165) is 24.2 Å². The van der Waals surface area contributed by atoms with Crippen LogP contribution in [-0.2, 0) is 9.53 Å². The van der Waals surface area contributed by atoms with Crippen molar-refractivity contribution in [3.8, 4) is 5.75 Å². The summed E-state index contributed by atoms with van der Waals surface area (Å²) in [5, 5.41) is 2.98. The molecule has 0 fully saturated rings. The zero-order valence-electron chi connectivity index (χ0n) is 10.9. The van der Waals surface area contributed by atoms with Crippen molar-refractivity contribution in [2.75, 3.05) is 19.8 Å². The van der Waals surface area contributed by atoms with Gasteiger partial charge in [-0.1, -0.05) is 24.3 Å². The van der Waals surface area contributed by atoms with Gasteiger partial charge in [0.15, 0.2) is 0 Å². The largest absolute Gasteiger partial charge is 0.493 e. The molecule has 0 aromatic heterocycles. The smallest absolute Gasteiger partial charge is 0.246 e. The fourth-order valence-electron chi connectivity index (χ4n) is 2.06. The fourth-order valence-corrected chi connectivity index (χ4v) is 2.06. The lowest BCUT2D eigenvalue weighted by Crippen LogP contribution is -2.34. The van der Waals surface area contributed by atoms with Crippen molar-refractivity contribution in [2.45, 2.75) is 18.9 Å². The Morgan fingerprint density at radius 3 is 3.21 bits per heavy atom. The van der Waals surface area contributed by atoms with Crippen molar-refractivity contribution in [1.82, 2.24) is 5.32 Å². The molecule has 1 aromatic rings. The lowest BCUT2D eigenvalue weighted by molar-refractivity contribution is -0.126. The van der Waals surface area contributed by atoms with E-state index in [9.17, 15) is 4.79 Å². The zero-order chi connectivity index (χ0) is 13.5. The van der Waals surface area contributed by atoms with Crippen LogP contribution in [0.5, 0.6) is 5.75 Å². The van der Waals surface area contributed by atoms with Crippen LogP contribution in [0.4, 0.5) is 0 Å². The molecule has 1 atom stereocenters. The molecule has 1 unspecified atom stereocenters. The number of carbonyl (C=O) groups is 1. The molecule has 1 aromatic carbocycles. The van der Waals surface area contributed by atoms with Crippen LogP contribution in [0.1, 0.15) is 24.4 Å². The van der Waals surface area contributed by atoms with E-state index < -0.39 is 0 Å². The molecule has 1 aliphatic rings. The zero-order valence-corrected chi connectivity index (χ0v) is 10.9. The number of rotatable bonds is 6. The average Bonchev–Trinajstić information content (AvgIpc) is 2.44. The summed E-state index contributed by atoms with van der Waals surface area (Å²) in [6, 6.07) is 7.81. The van der Waals surface area contributed by atoms with E-state index in [2.05, 4.69) is 11.9 Å². The van der Waals surface area contributed by atoms with Gasteiger partial charge in [0.05, 0.1) is 19.3 Å². The summed E-state index contributed by atoms with van der Waals surface area (Å²) in [6.45, 7) is 4.85. The monoisotopic (exact) mass is 261 g/mol. The highest BCUT2D eigenvalue weighted by Crippen LogP contribution is 2.31. The van der Waals surface area contributed by atoms with Gasteiger partial charge in [-0.3, -0.25) is 4.79 Å². The van der Waals surface area contributed by atoms with Crippen LogP contribution in [0.25, 0.3) is 0 Å². The van der Waals surface area contributed by atoms with Gasteiger partial charge in [0.1, 0.15) is 12.4 Å². The van der Waals surface area contributed by atoms with Gasteiger partial charge in [-0.2, -0.15) is 0 Å². The Bertz CT molecular complexity index is 445. The molecule has 102 valence electrons. The normalized spacial score (nSPS) is 17.2. The second kappa shape index (κ2) is 6.95. The summed E-state index contributed by atoms with van der Waals surface area (Å²) in [5.41, 5.74) is 1.04. The highest BCUT2D eigenvalue weighted by Gasteiger charge is 2.22. The molecule has 0 saturated carbocycles. The Kier molecular flexibility index (Phi) is 4.98. The van der Waals surface area contributed by atoms with E-state index in [0.29, 0.717) is 13.2 Å². The lowest BCUT2D eigenvalue weighted by Gasteiger charge is -2.26. The summed E-state index contributed by atoms with van der Waals surface area (Å²) in [5.74, 6) is 0.761. The Morgan fingerprint density at radius 1 is 1.53 bits per heavy atom. The molecule has 2 rings (SSSR count). The number of ether oxygens (including phenoxy) is 2. The summed E-state index contributed by atoms with van der Waals surface area (Å²) < 4.78 is 10.8. The molecule has 1 N–H and O–H groups in total.